The number of sulfonamides is 2. The molecule has 0 bridgehead atoms. The summed E-state index contributed by atoms with van der Waals surface area (Å²) in [5.74, 6) is -0.0747. The van der Waals surface area contributed by atoms with Gasteiger partial charge in [0, 0.05) is 17.1 Å². The van der Waals surface area contributed by atoms with Gasteiger partial charge in [-0.15, -0.1) is 0 Å². The highest BCUT2D eigenvalue weighted by Gasteiger charge is 2.29. The van der Waals surface area contributed by atoms with Crippen LogP contribution in [0.3, 0.4) is 0 Å². The topological polar surface area (TPSA) is 140 Å². The fraction of sp³-hybridized carbons (Fsp3) is 0.269. The zero-order chi connectivity index (χ0) is 29.7. The molecule has 0 aliphatic rings. The average Bonchev–Trinajstić information content (AvgIpc) is 2.91. The molecule has 3 aromatic rings. The first-order chi connectivity index (χ1) is 18.8. The van der Waals surface area contributed by atoms with Crippen LogP contribution in [0.15, 0.2) is 70.5 Å². The fourth-order valence-electron chi connectivity index (χ4n) is 3.68. The SMILES string of the molecule is COc1ccc(S(=O)(=O)NC(C)C)cc1NC(=O)CN(c1ccc(Cl)cc1)S(=O)(=O)c1ccc(OC)c(OC)c1. The van der Waals surface area contributed by atoms with Crippen molar-refractivity contribution in [3.05, 3.63) is 65.7 Å². The van der Waals surface area contributed by atoms with Gasteiger partial charge in [0.1, 0.15) is 12.3 Å². The fourth-order valence-corrected chi connectivity index (χ4v) is 6.52. The van der Waals surface area contributed by atoms with Gasteiger partial charge in [-0.1, -0.05) is 11.6 Å². The molecule has 3 rings (SSSR count). The molecule has 2 N–H and O–H groups in total. The van der Waals surface area contributed by atoms with E-state index in [2.05, 4.69) is 10.0 Å². The first-order valence-corrected chi connectivity index (χ1v) is 15.1. The number of amides is 1. The van der Waals surface area contributed by atoms with E-state index in [-0.39, 0.29) is 38.7 Å². The van der Waals surface area contributed by atoms with Gasteiger partial charge in [-0.2, -0.15) is 0 Å². The predicted molar refractivity (Wildman–Crippen MR) is 153 cm³/mol. The largest absolute Gasteiger partial charge is 0.495 e. The van der Waals surface area contributed by atoms with Gasteiger partial charge in [-0.05, 0) is 68.4 Å². The van der Waals surface area contributed by atoms with E-state index in [1.807, 2.05) is 0 Å². The van der Waals surface area contributed by atoms with Gasteiger partial charge in [-0.25, -0.2) is 21.6 Å². The third-order valence-electron chi connectivity index (χ3n) is 5.49. The zero-order valence-corrected chi connectivity index (χ0v) is 24.9. The first kappa shape index (κ1) is 31.0. The summed E-state index contributed by atoms with van der Waals surface area (Å²) in [6.07, 6.45) is 0. The van der Waals surface area contributed by atoms with Crippen LogP contribution in [-0.2, 0) is 24.8 Å². The van der Waals surface area contributed by atoms with E-state index < -0.39 is 32.5 Å². The molecule has 0 atom stereocenters. The molecule has 11 nitrogen and oxygen atoms in total. The van der Waals surface area contributed by atoms with Crippen LogP contribution in [0.1, 0.15) is 13.8 Å². The van der Waals surface area contributed by atoms with E-state index >= 15 is 0 Å². The Morgan fingerprint density at radius 2 is 1.40 bits per heavy atom. The standard InChI is InChI=1S/C26H30ClN3O8S2/c1-17(2)29-39(32,33)20-10-12-23(36-3)22(14-20)28-26(31)16-30(19-8-6-18(27)7-9-19)40(34,35)21-11-13-24(37-4)25(15-21)38-5/h6-15,17,29H,16H2,1-5H3,(H,28,31). The maximum absolute atomic E-state index is 13.8. The molecule has 1 amide bonds. The van der Waals surface area contributed by atoms with E-state index in [1.54, 1.807) is 13.8 Å². The van der Waals surface area contributed by atoms with Crippen molar-refractivity contribution in [3.8, 4) is 17.2 Å². The van der Waals surface area contributed by atoms with Gasteiger partial charge < -0.3 is 19.5 Å². The predicted octanol–water partition coefficient (Wildman–Crippen LogP) is 3.89. The maximum atomic E-state index is 13.8. The Hall–Kier alpha value is -3.52. The highest BCUT2D eigenvalue weighted by atomic mass is 35.5. The minimum absolute atomic E-state index is 0.0405. The van der Waals surface area contributed by atoms with Crippen molar-refractivity contribution >= 4 is 48.9 Å². The number of hydrogen-bond acceptors (Lipinski definition) is 8. The summed E-state index contributed by atoms with van der Waals surface area (Å²) in [5.41, 5.74) is 0.206. The highest BCUT2D eigenvalue weighted by molar-refractivity contribution is 7.92. The van der Waals surface area contributed by atoms with Crippen molar-refractivity contribution in [2.75, 3.05) is 37.5 Å². The molecule has 0 aliphatic carbocycles. The molecule has 216 valence electrons. The number of halogens is 1. The second-order valence-electron chi connectivity index (χ2n) is 8.69. The van der Waals surface area contributed by atoms with Crippen molar-refractivity contribution in [2.24, 2.45) is 0 Å². The van der Waals surface area contributed by atoms with E-state index in [0.717, 1.165) is 4.31 Å². The highest BCUT2D eigenvalue weighted by Crippen LogP contribution is 2.33. The van der Waals surface area contributed by atoms with Gasteiger partial charge >= 0.3 is 0 Å². The molecule has 0 radical (unpaired) electrons. The molecule has 40 heavy (non-hydrogen) atoms. The Bertz CT molecular complexity index is 1580. The van der Waals surface area contributed by atoms with Crippen LogP contribution in [0.5, 0.6) is 17.2 Å². The molecule has 0 saturated carbocycles. The number of carbonyl (C=O) groups is 1. The van der Waals surface area contributed by atoms with Crippen LogP contribution in [-0.4, -0.2) is 56.7 Å². The van der Waals surface area contributed by atoms with E-state index in [1.165, 1.54) is 82.0 Å². The van der Waals surface area contributed by atoms with E-state index in [9.17, 15) is 21.6 Å². The number of nitrogens with one attached hydrogen (secondary N) is 2. The average molecular weight is 612 g/mol. The molecule has 0 aliphatic heterocycles. The normalized spacial score (nSPS) is 11.7. The minimum atomic E-state index is -4.32. The van der Waals surface area contributed by atoms with Gasteiger partial charge in [0.15, 0.2) is 11.5 Å². The minimum Gasteiger partial charge on any atom is -0.495 e. The Labute approximate surface area is 239 Å². The van der Waals surface area contributed by atoms with Crippen molar-refractivity contribution < 1.29 is 35.8 Å². The van der Waals surface area contributed by atoms with Crippen LogP contribution in [0.4, 0.5) is 11.4 Å². The van der Waals surface area contributed by atoms with Crippen LogP contribution < -0.4 is 28.6 Å². The van der Waals surface area contributed by atoms with Crippen molar-refractivity contribution in [2.45, 2.75) is 29.7 Å². The first-order valence-electron chi connectivity index (χ1n) is 11.8. The monoisotopic (exact) mass is 611 g/mol. The van der Waals surface area contributed by atoms with Crippen LogP contribution in [0, 0.1) is 0 Å². The number of ether oxygens (including phenoxy) is 3. The van der Waals surface area contributed by atoms with Gasteiger partial charge in [-0.3, -0.25) is 9.10 Å². The van der Waals surface area contributed by atoms with E-state index in [4.69, 9.17) is 25.8 Å². The van der Waals surface area contributed by atoms with Gasteiger partial charge in [0.05, 0.1) is 42.5 Å². The Morgan fingerprint density at radius 1 is 0.825 bits per heavy atom. The molecule has 0 spiro atoms. The molecule has 0 aromatic heterocycles. The second-order valence-corrected chi connectivity index (χ2v) is 12.7. The van der Waals surface area contributed by atoms with Crippen LogP contribution in [0.2, 0.25) is 5.02 Å². The lowest BCUT2D eigenvalue weighted by Gasteiger charge is -2.25. The summed E-state index contributed by atoms with van der Waals surface area (Å²) in [6, 6.07) is 13.5. The number of anilines is 2. The Balaban J connectivity index is 2.01. The molecule has 0 saturated heterocycles. The Kier molecular flexibility index (Phi) is 9.90. The van der Waals surface area contributed by atoms with Crippen LogP contribution >= 0.6 is 11.6 Å². The second kappa shape index (κ2) is 12.8. The molecule has 0 fully saturated rings. The molecular weight excluding hydrogens is 582 g/mol. The lowest BCUT2D eigenvalue weighted by atomic mass is 10.3. The maximum Gasteiger partial charge on any atom is 0.264 e. The number of nitrogens with zero attached hydrogens (tertiary/aromatic N) is 1. The summed E-state index contributed by atoms with van der Waals surface area (Å²) in [7, 11) is -4.05. The lowest BCUT2D eigenvalue weighted by Crippen LogP contribution is -2.38. The van der Waals surface area contributed by atoms with Gasteiger partial charge in [0.25, 0.3) is 10.0 Å². The third kappa shape index (κ3) is 7.16. The lowest BCUT2D eigenvalue weighted by molar-refractivity contribution is -0.114. The third-order valence-corrected chi connectivity index (χ3v) is 9.17. The number of carbonyl (C=O) groups excluding carboxylic acids is 1. The Morgan fingerprint density at radius 3 is 1.98 bits per heavy atom. The summed E-state index contributed by atoms with van der Waals surface area (Å²) in [6.45, 7) is 2.69. The number of methoxy groups -OCH3 is 3. The van der Waals surface area contributed by atoms with Crippen molar-refractivity contribution in [1.82, 2.24) is 4.72 Å². The van der Waals surface area contributed by atoms with Crippen molar-refractivity contribution in [1.29, 1.82) is 0 Å². The van der Waals surface area contributed by atoms with Crippen molar-refractivity contribution in [3.63, 3.8) is 0 Å². The van der Waals surface area contributed by atoms with Gasteiger partial charge in [0.2, 0.25) is 15.9 Å². The summed E-state index contributed by atoms with van der Waals surface area (Å²) >= 11 is 6.00. The van der Waals surface area contributed by atoms with E-state index in [0.29, 0.717) is 10.8 Å². The summed E-state index contributed by atoms with van der Waals surface area (Å²) < 4.78 is 72.0. The quantitative estimate of drug-likeness (QED) is 0.314. The molecule has 3 aromatic carbocycles. The number of hydrogen-bond donors (Lipinski definition) is 2. The molecular formula is C26H30ClN3O8S2. The summed E-state index contributed by atoms with van der Waals surface area (Å²) in [5, 5.41) is 2.94. The van der Waals surface area contributed by atoms with Crippen LogP contribution in [0.25, 0.3) is 0 Å². The molecule has 0 unspecified atom stereocenters. The molecule has 0 heterocycles. The zero-order valence-electron chi connectivity index (χ0n) is 22.5. The summed E-state index contributed by atoms with van der Waals surface area (Å²) in [4.78, 5) is 13.0. The molecule has 14 heteroatoms. The number of benzene rings is 3. The number of rotatable bonds is 12. The smallest absolute Gasteiger partial charge is 0.264 e.